The molecule has 0 spiro atoms. The van der Waals surface area contributed by atoms with Crippen molar-refractivity contribution in [3.8, 4) is 11.7 Å². The molecule has 0 radical (unpaired) electrons. The molecule has 13 heteroatoms. The van der Waals surface area contributed by atoms with Gasteiger partial charge in [-0.1, -0.05) is 0 Å². The summed E-state index contributed by atoms with van der Waals surface area (Å²) in [7, 11) is -3.94. The first-order valence-electron chi connectivity index (χ1n) is 8.58. The number of nitrogens with zero attached hydrogens (tertiary/aromatic N) is 5. The molecule has 30 heavy (non-hydrogen) atoms. The lowest BCUT2D eigenvalue weighted by Gasteiger charge is -2.16. The Morgan fingerprint density at radius 3 is 2.60 bits per heavy atom. The second-order valence-corrected chi connectivity index (χ2v) is 7.86. The molecule has 3 aromatic rings. The molecule has 11 nitrogen and oxygen atoms in total. The molecule has 2 N–H and O–H groups in total. The zero-order valence-electron chi connectivity index (χ0n) is 16.2. The van der Waals surface area contributed by atoms with E-state index < -0.39 is 33.8 Å². The van der Waals surface area contributed by atoms with Crippen molar-refractivity contribution in [1.29, 1.82) is 0 Å². The molecule has 0 aliphatic carbocycles. The van der Waals surface area contributed by atoms with Gasteiger partial charge in [-0.2, -0.15) is 18.2 Å². The van der Waals surface area contributed by atoms with Crippen molar-refractivity contribution in [3.63, 3.8) is 0 Å². The number of hydrogen-bond acceptors (Lipinski definition) is 8. The first kappa shape index (κ1) is 21.1. The highest BCUT2D eigenvalue weighted by Crippen LogP contribution is 2.27. The lowest BCUT2D eigenvalue weighted by atomic mass is 10.2. The van der Waals surface area contributed by atoms with Gasteiger partial charge in [-0.05, 0) is 31.5 Å². The van der Waals surface area contributed by atoms with Crippen LogP contribution in [0.4, 0.5) is 14.9 Å². The van der Waals surface area contributed by atoms with Crippen molar-refractivity contribution >= 4 is 21.8 Å². The van der Waals surface area contributed by atoms with E-state index in [0.717, 1.165) is 18.4 Å². The predicted molar refractivity (Wildman–Crippen MR) is 104 cm³/mol. The van der Waals surface area contributed by atoms with Gasteiger partial charge in [-0.3, -0.25) is 0 Å². The number of carbonyl (C=O) groups is 1. The maximum absolute atomic E-state index is 14.0. The van der Waals surface area contributed by atoms with Crippen LogP contribution in [0.25, 0.3) is 5.95 Å². The highest BCUT2D eigenvalue weighted by molar-refractivity contribution is 7.86. The summed E-state index contributed by atoms with van der Waals surface area (Å²) in [5.74, 6) is -0.718. The highest BCUT2D eigenvalue weighted by Gasteiger charge is 2.19. The Hall–Kier alpha value is -3.61. The van der Waals surface area contributed by atoms with Gasteiger partial charge in [0.25, 0.3) is 5.95 Å². The topological polar surface area (TPSA) is 141 Å². The van der Waals surface area contributed by atoms with Gasteiger partial charge < -0.3 is 14.8 Å². The number of rotatable bonds is 6. The lowest BCUT2D eigenvalue weighted by molar-refractivity contribution is 0.248. The lowest BCUT2D eigenvalue weighted by Crippen LogP contribution is -2.33. The van der Waals surface area contributed by atoms with E-state index in [1.807, 2.05) is 0 Å². The van der Waals surface area contributed by atoms with E-state index in [-0.39, 0.29) is 11.6 Å². The van der Waals surface area contributed by atoms with Crippen LogP contribution in [0, 0.1) is 12.7 Å². The van der Waals surface area contributed by atoms with Gasteiger partial charge in [0.2, 0.25) is 0 Å². The SMILES string of the molecule is Cc1cc(F)c(OS(C)(=O)=O)cc1NC(=O)N[C@@H](C)c1ncnn1-c1ncccn1. The molecule has 0 saturated heterocycles. The molecule has 0 aliphatic rings. The number of benzene rings is 1. The fourth-order valence-electron chi connectivity index (χ4n) is 2.53. The Morgan fingerprint density at radius 2 is 1.93 bits per heavy atom. The minimum atomic E-state index is -3.94. The predicted octanol–water partition coefficient (Wildman–Crippen LogP) is 1.73. The van der Waals surface area contributed by atoms with Crippen molar-refractivity contribution in [2.45, 2.75) is 19.9 Å². The second-order valence-electron chi connectivity index (χ2n) is 6.28. The summed E-state index contributed by atoms with van der Waals surface area (Å²) in [6.45, 7) is 3.23. The largest absolute Gasteiger partial charge is 0.379 e. The monoisotopic (exact) mass is 435 g/mol. The van der Waals surface area contributed by atoms with Crippen LogP contribution in [0.2, 0.25) is 0 Å². The van der Waals surface area contributed by atoms with Crippen molar-refractivity contribution in [2.75, 3.05) is 11.6 Å². The number of aromatic nitrogens is 5. The third kappa shape index (κ3) is 5.05. The van der Waals surface area contributed by atoms with E-state index in [1.165, 1.54) is 11.0 Å². The first-order valence-corrected chi connectivity index (χ1v) is 10.4. The number of carbonyl (C=O) groups excluding carboxylic acids is 1. The number of urea groups is 1. The number of anilines is 1. The molecule has 3 rings (SSSR count). The van der Waals surface area contributed by atoms with Gasteiger partial charge in [-0.25, -0.2) is 24.1 Å². The molecule has 0 bridgehead atoms. The summed E-state index contributed by atoms with van der Waals surface area (Å²) in [4.78, 5) is 24.7. The maximum Gasteiger partial charge on any atom is 0.319 e. The van der Waals surface area contributed by atoms with Crippen molar-refractivity contribution in [1.82, 2.24) is 30.0 Å². The fourth-order valence-corrected chi connectivity index (χ4v) is 2.99. The molecule has 0 aliphatic heterocycles. The van der Waals surface area contributed by atoms with Gasteiger partial charge >= 0.3 is 16.1 Å². The molecule has 1 aromatic carbocycles. The Balaban J connectivity index is 1.75. The Morgan fingerprint density at radius 1 is 1.23 bits per heavy atom. The quantitative estimate of drug-likeness (QED) is 0.558. The molecular formula is C17H18FN7O4S. The van der Waals surface area contributed by atoms with E-state index >= 15 is 0 Å². The third-order valence-electron chi connectivity index (χ3n) is 3.82. The standard InChI is InChI=1S/C17H18FN7O4S/c1-10-7-12(18)14(29-30(3,27)28)8-13(10)24-17(26)23-11(2)15-21-9-22-25(15)16-19-5-4-6-20-16/h4-9,11H,1-3H3,(H2,23,24,26)/t11-/m0/s1. The van der Waals surface area contributed by atoms with Gasteiger partial charge in [0.1, 0.15) is 6.33 Å². The zero-order chi connectivity index (χ0) is 21.9. The van der Waals surface area contributed by atoms with Crippen molar-refractivity contribution in [3.05, 3.63) is 54.1 Å². The third-order valence-corrected chi connectivity index (χ3v) is 4.30. The summed E-state index contributed by atoms with van der Waals surface area (Å²) >= 11 is 0. The van der Waals surface area contributed by atoms with Crippen LogP contribution >= 0.6 is 0 Å². The fraction of sp³-hybridized carbons (Fsp3) is 0.235. The Kier molecular flexibility index (Phi) is 5.91. The average molecular weight is 435 g/mol. The summed E-state index contributed by atoms with van der Waals surface area (Å²) in [5.41, 5.74) is 0.546. The van der Waals surface area contributed by atoms with E-state index in [0.29, 0.717) is 11.4 Å². The summed E-state index contributed by atoms with van der Waals surface area (Å²) in [6, 6.07) is 2.58. The minimum absolute atomic E-state index is 0.174. The van der Waals surface area contributed by atoms with Crippen LogP contribution in [0.5, 0.6) is 5.75 Å². The molecule has 1 atom stereocenters. The van der Waals surface area contributed by atoms with Gasteiger partial charge in [-0.15, -0.1) is 0 Å². The van der Waals surface area contributed by atoms with Gasteiger partial charge in [0.15, 0.2) is 17.4 Å². The molecular weight excluding hydrogens is 417 g/mol. The Bertz CT molecular complexity index is 1170. The molecule has 158 valence electrons. The molecule has 0 saturated carbocycles. The van der Waals surface area contributed by atoms with Crippen LogP contribution in [0.3, 0.4) is 0 Å². The molecule has 0 fully saturated rings. The van der Waals surface area contributed by atoms with Gasteiger partial charge in [0, 0.05) is 24.1 Å². The molecule has 0 unspecified atom stereocenters. The second kappa shape index (κ2) is 8.41. The average Bonchev–Trinajstić information content (AvgIpc) is 3.15. The number of aryl methyl sites for hydroxylation is 1. The van der Waals surface area contributed by atoms with Crippen LogP contribution in [-0.2, 0) is 10.1 Å². The van der Waals surface area contributed by atoms with Crippen LogP contribution < -0.4 is 14.8 Å². The Labute approximate surface area is 171 Å². The van der Waals surface area contributed by atoms with E-state index in [9.17, 15) is 17.6 Å². The van der Waals surface area contributed by atoms with Gasteiger partial charge in [0.05, 0.1) is 12.3 Å². The molecule has 2 aromatic heterocycles. The summed E-state index contributed by atoms with van der Waals surface area (Å²) in [5, 5.41) is 9.27. The number of amides is 2. The minimum Gasteiger partial charge on any atom is -0.379 e. The highest BCUT2D eigenvalue weighted by atomic mass is 32.2. The zero-order valence-corrected chi connectivity index (χ0v) is 17.0. The maximum atomic E-state index is 14.0. The summed E-state index contributed by atoms with van der Waals surface area (Å²) in [6.07, 6.45) is 5.19. The smallest absolute Gasteiger partial charge is 0.319 e. The number of hydrogen-bond donors (Lipinski definition) is 2. The van der Waals surface area contributed by atoms with Crippen molar-refractivity contribution in [2.24, 2.45) is 0 Å². The van der Waals surface area contributed by atoms with Crippen LogP contribution in [0.15, 0.2) is 36.9 Å². The molecule has 2 heterocycles. The van der Waals surface area contributed by atoms with E-state index in [4.69, 9.17) is 0 Å². The number of halogens is 1. The molecule has 2 amide bonds. The van der Waals surface area contributed by atoms with E-state index in [1.54, 1.807) is 32.3 Å². The normalized spacial score (nSPS) is 12.3. The van der Waals surface area contributed by atoms with Crippen LogP contribution in [0.1, 0.15) is 24.4 Å². The van der Waals surface area contributed by atoms with E-state index in [2.05, 4.69) is 34.9 Å². The first-order chi connectivity index (χ1) is 14.1. The summed E-state index contributed by atoms with van der Waals surface area (Å²) < 4.78 is 42.5. The van der Waals surface area contributed by atoms with Crippen LogP contribution in [-0.4, -0.2) is 45.4 Å². The van der Waals surface area contributed by atoms with Crippen molar-refractivity contribution < 1.29 is 21.8 Å². The number of nitrogens with one attached hydrogen (secondary N) is 2.